The van der Waals surface area contributed by atoms with Crippen molar-refractivity contribution < 1.29 is 13.6 Å². The van der Waals surface area contributed by atoms with Crippen LogP contribution in [0.4, 0.5) is 8.78 Å². The lowest BCUT2D eigenvalue weighted by atomic mass is 10.1. The summed E-state index contributed by atoms with van der Waals surface area (Å²) in [4.78, 5) is 17.1. The van der Waals surface area contributed by atoms with Crippen molar-refractivity contribution >= 4 is 11.6 Å². The second-order valence-electron chi connectivity index (χ2n) is 6.52. The zero-order valence-electron chi connectivity index (χ0n) is 15.4. The van der Waals surface area contributed by atoms with Gasteiger partial charge in [0.2, 0.25) is 0 Å². The maximum absolute atomic E-state index is 13.6. The van der Waals surface area contributed by atoms with Crippen LogP contribution in [-0.4, -0.2) is 27.0 Å². The highest BCUT2D eigenvalue weighted by molar-refractivity contribution is 5.99. The summed E-state index contributed by atoms with van der Waals surface area (Å²) in [6, 6.07) is 20.1. The first-order chi connectivity index (χ1) is 14.1. The van der Waals surface area contributed by atoms with E-state index in [0.29, 0.717) is 24.2 Å². The zero-order chi connectivity index (χ0) is 20.2. The molecule has 0 aliphatic rings. The van der Waals surface area contributed by atoms with Crippen LogP contribution in [-0.2, 0) is 6.42 Å². The number of alkyl halides is 2. The van der Waals surface area contributed by atoms with Gasteiger partial charge < -0.3 is 5.32 Å². The summed E-state index contributed by atoms with van der Waals surface area (Å²) in [7, 11) is 0. The molecule has 0 spiro atoms. The summed E-state index contributed by atoms with van der Waals surface area (Å²) in [6.07, 6.45) is -0.811. The van der Waals surface area contributed by atoms with E-state index in [4.69, 9.17) is 0 Å². The largest absolute Gasteiger partial charge is 0.352 e. The first-order valence-corrected chi connectivity index (χ1v) is 9.18. The number of nitrogens with zero attached hydrogens (tertiary/aromatic N) is 3. The van der Waals surface area contributed by atoms with Crippen LogP contribution in [0.2, 0.25) is 0 Å². The van der Waals surface area contributed by atoms with Gasteiger partial charge in [-0.05, 0) is 18.1 Å². The number of carbonyl (C=O) groups excluding carboxylic acids is 1. The van der Waals surface area contributed by atoms with Crippen molar-refractivity contribution in [2.75, 3.05) is 6.54 Å². The number of aromatic nitrogens is 3. The lowest BCUT2D eigenvalue weighted by Gasteiger charge is -2.09. The average molecular weight is 392 g/mol. The lowest BCUT2D eigenvalue weighted by Crippen LogP contribution is -2.25. The van der Waals surface area contributed by atoms with Crippen LogP contribution >= 0.6 is 0 Å². The van der Waals surface area contributed by atoms with Crippen molar-refractivity contribution in [3.63, 3.8) is 0 Å². The van der Waals surface area contributed by atoms with E-state index in [1.807, 2.05) is 36.4 Å². The van der Waals surface area contributed by atoms with Gasteiger partial charge in [0.25, 0.3) is 12.3 Å². The maximum Gasteiger partial charge on any atom is 0.280 e. The van der Waals surface area contributed by atoms with Crippen molar-refractivity contribution in [3.8, 4) is 11.3 Å². The van der Waals surface area contributed by atoms with Gasteiger partial charge in [-0.15, -0.1) is 0 Å². The molecule has 29 heavy (non-hydrogen) atoms. The molecule has 2 aromatic heterocycles. The molecule has 0 bridgehead atoms. The summed E-state index contributed by atoms with van der Waals surface area (Å²) < 4.78 is 28.2. The van der Waals surface area contributed by atoms with Crippen LogP contribution in [0.15, 0.2) is 72.9 Å². The SMILES string of the molecule is O=C(NCCc1ccccc1)c1cnn2c(C(F)F)cc(-c3ccccc3)nc12. The number of halogens is 2. The van der Waals surface area contributed by atoms with Crippen LogP contribution in [0.25, 0.3) is 16.9 Å². The number of carbonyl (C=O) groups is 1. The molecule has 0 unspecified atom stereocenters. The Morgan fingerprint density at radius 3 is 2.41 bits per heavy atom. The minimum Gasteiger partial charge on any atom is -0.352 e. The summed E-state index contributed by atoms with van der Waals surface area (Å²) in [6.45, 7) is 0.417. The number of amides is 1. The number of hydrogen-bond donors (Lipinski definition) is 1. The Labute approximate surface area is 166 Å². The number of hydrogen-bond acceptors (Lipinski definition) is 3. The molecule has 2 heterocycles. The van der Waals surface area contributed by atoms with Crippen LogP contribution in [0.3, 0.4) is 0 Å². The zero-order valence-corrected chi connectivity index (χ0v) is 15.4. The molecule has 4 rings (SSSR count). The Balaban J connectivity index is 1.64. The Hall–Kier alpha value is -3.61. The Bertz CT molecular complexity index is 1130. The molecule has 1 amide bonds. The summed E-state index contributed by atoms with van der Waals surface area (Å²) in [5.41, 5.74) is 2.12. The van der Waals surface area contributed by atoms with E-state index in [1.54, 1.807) is 24.3 Å². The third kappa shape index (κ3) is 3.99. The predicted octanol–water partition coefficient (Wildman–Crippen LogP) is 4.31. The summed E-state index contributed by atoms with van der Waals surface area (Å²) in [5, 5.41) is 6.79. The van der Waals surface area contributed by atoms with E-state index < -0.39 is 12.3 Å². The molecule has 0 saturated carbocycles. The highest BCUT2D eigenvalue weighted by Gasteiger charge is 2.21. The molecule has 7 heteroatoms. The van der Waals surface area contributed by atoms with Gasteiger partial charge in [-0.25, -0.2) is 18.3 Å². The van der Waals surface area contributed by atoms with Gasteiger partial charge in [-0.2, -0.15) is 5.10 Å². The van der Waals surface area contributed by atoms with Gasteiger partial charge in [0.1, 0.15) is 11.3 Å². The second-order valence-corrected chi connectivity index (χ2v) is 6.52. The molecule has 1 N–H and O–H groups in total. The fraction of sp³-hybridized carbons (Fsp3) is 0.136. The Morgan fingerprint density at radius 2 is 1.72 bits per heavy atom. The smallest absolute Gasteiger partial charge is 0.280 e. The van der Waals surface area contributed by atoms with Gasteiger partial charge >= 0.3 is 0 Å². The summed E-state index contributed by atoms with van der Waals surface area (Å²) >= 11 is 0. The number of nitrogens with one attached hydrogen (secondary N) is 1. The fourth-order valence-electron chi connectivity index (χ4n) is 3.12. The summed E-state index contributed by atoms with van der Waals surface area (Å²) in [5.74, 6) is -0.395. The highest BCUT2D eigenvalue weighted by atomic mass is 19.3. The van der Waals surface area contributed by atoms with Crippen molar-refractivity contribution in [2.24, 2.45) is 0 Å². The van der Waals surface area contributed by atoms with Crippen LogP contribution in [0.1, 0.15) is 28.0 Å². The van der Waals surface area contributed by atoms with Gasteiger partial charge in [0.05, 0.1) is 11.9 Å². The van der Waals surface area contributed by atoms with E-state index in [0.717, 1.165) is 10.1 Å². The molecular formula is C22H18F2N4O. The van der Waals surface area contributed by atoms with Crippen molar-refractivity contribution in [2.45, 2.75) is 12.8 Å². The number of benzene rings is 2. The highest BCUT2D eigenvalue weighted by Crippen LogP contribution is 2.26. The van der Waals surface area contributed by atoms with Crippen LogP contribution in [0, 0.1) is 0 Å². The molecule has 146 valence electrons. The quantitative estimate of drug-likeness (QED) is 0.532. The Kier molecular flexibility index (Phi) is 5.29. The van der Waals surface area contributed by atoms with Crippen molar-refractivity contribution in [1.82, 2.24) is 19.9 Å². The minimum absolute atomic E-state index is 0.110. The Morgan fingerprint density at radius 1 is 1.03 bits per heavy atom. The van der Waals surface area contributed by atoms with E-state index >= 15 is 0 Å². The molecule has 0 aliphatic heterocycles. The average Bonchev–Trinajstić information content (AvgIpc) is 3.18. The van der Waals surface area contributed by atoms with Gasteiger partial charge in [0.15, 0.2) is 5.65 Å². The van der Waals surface area contributed by atoms with Crippen LogP contribution < -0.4 is 5.32 Å². The van der Waals surface area contributed by atoms with E-state index in [-0.39, 0.29) is 16.9 Å². The topological polar surface area (TPSA) is 59.3 Å². The molecule has 4 aromatic rings. The third-order valence-corrected chi connectivity index (χ3v) is 4.58. The van der Waals surface area contributed by atoms with Gasteiger partial charge in [0, 0.05) is 12.1 Å². The minimum atomic E-state index is -2.75. The standard InChI is InChI=1S/C22H18F2N4O/c23-20(24)19-13-18(16-9-5-2-6-10-16)27-21-17(14-26-28(19)21)22(29)25-12-11-15-7-3-1-4-8-15/h1-10,13-14,20H,11-12H2,(H,25,29). The third-order valence-electron chi connectivity index (χ3n) is 4.58. The van der Waals surface area contributed by atoms with Gasteiger partial charge in [-0.3, -0.25) is 4.79 Å². The predicted molar refractivity (Wildman–Crippen MR) is 106 cm³/mol. The van der Waals surface area contributed by atoms with Gasteiger partial charge in [-0.1, -0.05) is 60.7 Å². The normalized spacial score (nSPS) is 11.1. The molecule has 2 aromatic carbocycles. The van der Waals surface area contributed by atoms with E-state index in [2.05, 4.69) is 15.4 Å². The van der Waals surface area contributed by atoms with E-state index in [1.165, 1.54) is 12.3 Å². The number of rotatable bonds is 6. The van der Waals surface area contributed by atoms with E-state index in [9.17, 15) is 13.6 Å². The molecule has 0 saturated heterocycles. The maximum atomic E-state index is 13.6. The molecule has 0 fully saturated rings. The second kappa shape index (κ2) is 8.18. The van der Waals surface area contributed by atoms with Crippen molar-refractivity contribution in [3.05, 3.63) is 89.7 Å². The molecule has 0 aliphatic carbocycles. The first kappa shape index (κ1) is 18.7. The molecule has 0 atom stereocenters. The first-order valence-electron chi connectivity index (χ1n) is 9.18. The lowest BCUT2D eigenvalue weighted by molar-refractivity contribution is 0.0955. The number of fused-ring (bicyclic) bond motifs is 1. The fourth-order valence-corrected chi connectivity index (χ4v) is 3.12. The molecule has 0 radical (unpaired) electrons. The molecular weight excluding hydrogens is 374 g/mol. The molecule has 5 nitrogen and oxygen atoms in total. The monoisotopic (exact) mass is 392 g/mol. The van der Waals surface area contributed by atoms with Crippen molar-refractivity contribution in [1.29, 1.82) is 0 Å². The van der Waals surface area contributed by atoms with Crippen LogP contribution in [0.5, 0.6) is 0 Å².